The molecular weight excluding hydrogens is 482 g/mol. The Morgan fingerprint density at radius 2 is 1.47 bits per heavy atom. The minimum Gasteiger partial charge on any atom is -0.429 e. The van der Waals surface area contributed by atoms with Crippen LogP contribution in [0.25, 0.3) is 11.1 Å². The highest BCUT2D eigenvalue weighted by Gasteiger charge is 2.43. The first-order valence-electron chi connectivity index (χ1n) is 11.9. The number of halogens is 6. The summed E-state index contributed by atoms with van der Waals surface area (Å²) in [6, 6.07) is 7.77. The standard InChI is InChI=1S/C28H27F6O2/c1-3-5-6-7-9-18-12-15-20(26(31)25(18)30)23-22(35)16-21(29)24(27(23)32)28(33,34)36-19-13-10-17(8-4-2)11-14-19/h10-16H,3-9H2,1-2H3. The first kappa shape index (κ1) is 27.4. The van der Waals surface area contributed by atoms with Gasteiger partial charge in [-0.2, -0.15) is 8.78 Å². The van der Waals surface area contributed by atoms with Gasteiger partial charge in [-0.1, -0.05) is 63.8 Å². The van der Waals surface area contributed by atoms with Crippen LogP contribution in [0.15, 0.2) is 42.5 Å². The third-order valence-corrected chi connectivity index (χ3v) is 5.91. The lowest BCUT2D eigenvalue weighted by molar-refractivity contribution is -0.189. The number of ether oxygens (including phenoxy) is 1. The van der Waals surface area contributed by atoms with Crippen molar-refractivity contribution in [3.63, 3.8) is 0 Å². The van der Waals surface area contributed by atoms with Gasteiger partial charge in [0.2, 0.25) is 0 Å². The molecule has 0 aliphatic heterocycles. The van der Waals surface area contributed by atoms with Crippen LogP contribution in [0.1, 0.15) is 62.6 Å². The molecule has 0 saturated heterocycles. The Morgan fingerprint density at radius 3 is 2.11 bits per heavy atom. The quantitative estimate of drug-likeness (QED) is 0.187. The maximum Gasteiger partial charge on any atom is 0.432 e. The van der Waals surface area contributed by atoms with Gasteiger partial charge in [-0.3, -0.25) is 5.11 Å². The van der Waals surface area contributed by atoms with E-state index in [0.29, 0.717) is 12.8 Å². The molecule has 2 nitrogen and oxygen atoms in total. The molecule has 1 radical (unpaired) electrons. The Bertz CT molecular complexity index is 1190. The summed E-state index contributed by atoms with van der Waals surface area (Å²) in [5, 5.41) is 12.3. The van der Waals surface area contributed by atoms with Crippen LogP contribution in [0.4, 0.5) is 26.3 Å². The van der Waals surface area contributed by atoms with Crippen molar-refractivity contribution >= 4 is 0 Å². The average molecular weight is 510 g/mol. The number of rotatable bonds is 11. The second-order valence-electron chi connectivity index (χ2n) is 8.64. The van der Waals surface area contributed by atoms with Gasteiger partial charge in [0.1, 0.15) is 17.1 Å². The molecule has 0 amide bonds. The van der Waals surface area contributed by atoms with Crippen LogP contribution >= 0.6 is 0 Å². The van der Waals surface area contributed by atoms with E-state index in [4.69, 9.17) is 0 Å². The number of hydrogen-bond donors (Lipinski definition) is 0. The highest BCUT2D eigenvalue weighted by atomic mass is 19.3. The van der Waals surface area contributed by atoms with Gasteiger partial charge in [0.05, 0.1) is 5.56 Å². The topological polar surface area (TPSA) is 29.1 Å². The summed E-state index contributed by atoms with van der Waals surface area (Å²) in [6.45, 7) is 3.94. The molecule has 8 heteroatoms. The van der Waals surface area contributed by atoms with Crippen LogP contribution in [0.2, 0.25) is 0 Å². The lowest BCUT2D eigenvalue weighted by Crippen LogP contribution is -2.25. The van der Waals surface area contributed by atoms with Crippen LogP contribution in [-0.4, -0.2) is 0 Å². The molecule has 36 heavy (non-hydrogen) atoms. The van der Waals surface area contributed by atoms with E-state index in [2.05, 4.69) is 4.74 Å². The summed E-state index contributed by atoms with van der Waals surface area (Å²) in [5.41, 5.74) is -3.05. The second kappa shape index (κ2) is 11.7. The summed E-state index contributed by atoms with van der Waals surface area (Å²) in [6.07, 6.45) is 0.467. The zero-order valence-electron chi connectivity index (χ0n) is 20.1. The van der Waals surface area contributed by atoms with E-state index in [-0.39, 0.29) is 23.8 Å². The highest BCUT2D eigenvalue weighted by molar-refractivity contribution is 5.73. The van der Waals surface area contributed by atoms with E-state index < -0.39 is 51.8 Å². The summed E-state index contributed by atoms with van der Waals surface area (Å²) in [5.74, 6) is -8.50. The molecule has 0 bridgehead atoms. The first-order chi connectivity index (χ1) is 17.1. The van der Waals surface area contributed by atoms with Crippen LogP contribution in [0.5, 0.6) is 11.5 Å². The Labute approximate surface area is 206 Å². The summed E-state index contributed by atoms with van der Waals surface area (Å²) < 4.78 is 93.6. The number of hydrogen-bond acceptors (Lipinski definition) is 1. The van der Waals surface area contributed by atoms with E-state index in [1.807, 2.05) is 13.8 Å². The number of aryl methyl sites for hydroxylation is 2. The summed E-state index contributed by atoms with van der Waals surface area (Å²) in [7, 11) is 0. The maximum atomic E-state index is 15.3. The van der Waals surface area contributed by atoms with Crippen LogP contribution < -0.4 is 4.74 Å². The third-order valence-electron chi connectivity index (χ3n) is 5.91. The third kappa shape index (κ3) is 5.97. The molecule has 0 N–H and O–H groups in total. The lowest BCUT2D eigenvalue weighted by atomic mass is 9.96. The Kier molecular flexibility index (Phi) is 8.93. The van der Waals surface area contributed by atoms with Crippen LogP contribution in [-0.2, 0) is 24.1 Å². The van der Waals surface area contributed by atoms with E-state index in [0.717, 1.165) is 37.3 Å². The molecule has 0 heterocycles. The van der Waals surface area contributed by atoms with Crippen LogP contribution in [0.3, 0.4) is 0 Å². The zero-order valence-corrected chi connectivity index (χ0v) is 20.1. The van der Waals surface area contributed by atoms with Crippen molar-refractivity contribution in [3.05, 3.63) is 82.4 Å². The first-order valence-corrected chi connectivity index (χ1v) is 11.9. The van der Waals surface area contributed by atoms with Crippen molar-refractivity contribution in [1.82, 2.24) is 0 Å². The molecule has 3 rings (SSSR count). The fraction of sp³-hybridized carbons (Fsp3) is 0.357. The van der Waals surface area contributed by atoms with Gasteiger partial charge in [0.15, 0.2) is 23.2 Å². The molecular formula is C28H27F6O2. The molecule has 3 aromatic rings. The molecule has 3 aromatic carbocycles. The Morgan fingerprint density at radius 1 is 0.778 bits per heavy atom. The van der Waals surface area contributed by atoms with Gasteiger partial charge in [0, 0.05) is 11.6 Å². The molecule has 0 aliphatic rings. The zero-order chi connectivity index (χ0) is 26.5. The van der Waals surface area contributed by atoms with Crippen molar-refractivity contribution in [2.24, 2.45) is 0 Å². The summed E-state index contributed by atoms with van der Waals surface area (Å²) in [4.78, 5) is 0. The van der Waals surface area contributed by atoms with E-state index in [9.17, 15) is 27.1 Å². The van der Waals surface area contributed by atoms with Gasteiger partial charge >= 0.3 is 6.11 Å². The highest BCUT2D eigenvalue weighted by Crippen LogP contribution is 2.43. The van der Waals surface area contributed by atoms with Crippen molar-refractivity contribution in [2.45, 2.75) is 64.9 Å². The van der Waals surface area contributed by atoms with Gasteiger partial charge in [-0.25, -0.2) is 17.6 Å². The van der Waals surface area contributed by atoms with Gasteiger partial charge in [0.25, 0.3) is 0 Å². The monoisotopic (exact) mass is 509 g/mol. The lowest BCUT2D eigenvalue weighted by Gasteiger charge is -2.21. The molecule has 0 unspecified atom stereocenters. The van der Waals surface area contributed by atoms with Gasteiger partial charge < -0.3 is 4.74 Å². The molecule has 193 valence electrons. The minimum atomic E-state index is -4.54. The van der Waals surface area contributed by atoms with Gasteiger partial charge in [-0.15, -0.1) is 0 Å². The van der Waals surface area contributed by atoms with Crippen molar-refractivity contribution in [1.29, 1.82) is 0 Å². The Balaban J connectivity index is 1.98. The SMILES string of the molecule is CCCCCCc1ccc(-c2c([O])cc(F)c(C(F)(F)Oc3ccc(CCC)cc3)c2F)c(F)c1F. The fourth-order valence-corrected chi connectivity index (χ4v) is 4.04. The largest absolute Gasteiger partial charge is 0.432 e. The number of unbranched alkanes of at least 4 members (excludes halogenated alkanes) is 3. The predicted octanol–water partition coefficient (Wildman–Crippen LogP) is 9.26. The molecule has 0 aromatic heterocycles. The second-order valence-corrected chi connectivity index (χ2v) is 8.64. The molecule has 0 saturated carbocycles. The van der Waals surface area contributed by atoms with Crippen molar-refractivity contribution < 1.29 is 36.2 Å². The van der Waals surface area contributed by atoms with E-state index >= 15 is 4.39 Å². The van der Waals surface area contributed by atoms with E-state index in [1.165, 1.54) is 30.3 Å². The van der Waals surface area contributed by atoms with Crippen molar-refractivity contribution in [2.75, 3.05) is 0 Å². The summed E-state index contributed by atoms with van der Waals surface area (Å²) >= 11 is 0. The van der Waals surface area contributed by atoms with Crippen LogP contribution in [0, 0.1) is 23.3 Å². The van der Waals surface area contributed by atoms with E-state index in [1.54, 1.807) is 0 Å². The number of alkyl halides is 2. The predicted molar refractivity (Wildman–Crippen MR) is 125 cm³/mol. The molecule has 0 atom stereocenters. The maximum absolute atomic E-state index is 15.3. The minimum absolute atomic E-state index is 0.0164. The fourth-order valence-electron chi connectivity index (χ4n) is 4.04. The average Bonchev–Trinajstić information content (AvgIpc) is 2.81. The molecule has 0 aliphatic carbocycles. The smallest absolute Gasteiger partial charge is 0.429 e. The molecule has 0 fully saturated rings. The Hall–Kier alpha value is -3.16. The van der Waals surface area contributed by atoms with Crippen molar-refractivity contribution in [3.8, 4) is 22.6 Å². The number of benzene rings is 3. The van der Waals surface area contributed by atoms with Gasteiger partial charge in [-0.05, 0) is 42.5 Å². The molecule has 0 spiro atoms. The normalized spacial score (nSPS) is 11.7.